The van der Waals surface area contributed by atoms with E-state index in [1.807, 2.05) is 23.9 Å². The zero-order valence-corrected chi connectivity index (χ0v) is 10.7. The number of carbonyl (C=O) groups is 1. The molecule has 1 amide bonds. The molecule has 14 heavy (non-hydrogen) atoms. The third-order valence-electron chi connectivity index (χ3n) is 2.06. The molecule has 76 valence electrons. The largest absolute Gasteiger partial charge is 0.348 e. The molecule has 1 atom stereocenters. The SMILES string of the molecule is O=C(NC1CCSC1)c1ccc(Br)s1. The van der Waals surface area contributed by atoms with E-state index >= 15 is 0 Å². The van der Waals surface area contributed by atoms with Gasteiger partial charge in [-0.25, -0.2) is 0 Å². The maximum atomic E-state index is 11.7. The first-order valence-electron chi connectivity index (χ1n) is 4.39. The van der Waals surface area contributed by atoms with E-state index in [-0.39, 0.29) is 5.91 Å². The molecule has 1 aromatic rings. The summed E-state index contributed by atoms with van der Waals surface area (Å²) in [6.07, 6.45) is 1.10. The van der Waals surface area contributed by atoms with Crippen molar-refractivity contribution in [3.05, 3.63) is 20.8 Å². The van der Waals surface area contributed by atoms with Crippen molar-refractivity contribution >= 4 is 44.9 Å². The van der Waals surface area contributed by atoms with Crippen LogP contribution in [0, 0.1) is 0 Å². The van der Waals surface area contributed by atoms with Gasteiger partial charge in [-0.2, -0.15) is 11.8 Å². The van der Waals surface area contributed by atoms with Crippen LogP contribution in [0.4, 0.5) is 0 Å². The van der Waals surface area contributed by atoms with Gasteiger partial charge in [0, 0.05) is 11.8 Å². The molecule has 1 N–H and O–H groups in total. The first-order valence-corrected chi connectivity index (χ1v) is 7.16. The molecule has 1 aliphatic rings. The summed E-state index contributed by atoms with van der Waals surface area (Å²) in [5, 5.41) is 3.04. The summed E-state index contributed by atoms with van der Waals surface area (Å²) in [4.78, 5) is 12.5. The number of halogens is 1. The van der Waals surface area contributed by atoms with E-state index in [2.05, 4.69) is 21.2 Å². The molecule has 1 fully saturated rings. The van der Waals surface area contributed by atoms with Crippen molar-refractivity contribution < 1.29 is 4.79 Å². The Morgan fingerprint density at radius 2 is 2.43 bits per heavy atom. The van der Waals surface area contributed by atoms with Gasteiger partial charge >= 0.3 is 0 Å². The summed E-state index contributed by atoms with van der Waals surface area (Å²) < 4.78 is 1.00. The molecule has 1 aromatic heterocycles. The second kappa shape index (κ2) is 4.68. The lowest BCUT2D eigenvalue weighted by atomic mass is 10.2. The summed E-state index contributed by atoms with van der Waals surface area (Å²) >= 11 is 6.73. The van der Waals surface area contributed by atoms with Crippen LogP contribution in [0.1, 0.15) is 16.1 Å². The Labute approximate surface area is 99.6 Å². The second-order valence-corrected chi connectivity index (χ2v) is 6.75. The quantitative estimate of drug-likeness (QED) is 0.908. The minimum atomic E-state index is 0.0631. The first-order chi connectivity index (χ1) is 6.75. The Hall–Kier alpha value is -0.0000000000000000833. The highest BCUT2D eigenvalue weighted by molar-refractivity contribution is 9.11. The van der Waals surface area contributed by atoms with Crippen LogP contribution in [-0.2, 0) is 0 Å². The number of carbonyl (C=O) groups excluding carboxylic acids is 1. The van der Waals surface area contributed by atoms with Gasteiger partial charge in [-0.3, -0.25) is 4.79 Å². The lowest BCUT2D eigenvalue weighted by Crippen LogP contribution is -2.34. The van der Waals surface area contributed by atoms with Crippen molar-refractivity contribution in [2.24, 2.45) is 0 Å². The Kier molecular flexibility index (Phi) is 3.52. The summed E-state index contributed by atoms with van der Waals surface area (Å²) in [7, 11) is 0. The van der Waals surface area contributed by atoms with Gasteiger partial charge in [0.15, 0.2) is 0 Å². The van der Waals surface area contributed by atoms with E-state index in [1.165, 1.54) is 17.1 Å². The molecular weight excluding hydrogens is 282 g/mol. The molecule has 1 unspecified atom stereocenters. The smallest absolute Gasteiger partial charge is 0.261 e. The molecule has 0 bridgehead atoms. The normalized spacial score (nSPS) is 21.1. The highest BCUT2D eigenvalue weighted by Crippen LogP contribution is 2.23. The molecule has 0 saturated carbocycles. The molecule has 1 saturated heterocycles. The number of hydrogen-bond acceptors (Lipinski definition) is 3. The third kappa shape index (κ3) is 2.52. The standard InChI is InChI=1S/C9H10BrNOS2/c10-8-2-1-7(14-8)9(12)11-6-3-4-13-5-6/h1-2,6H,3-5H2,(H,11,12). The number of rotatable bonds is 2. The van der Waals surface area contributed by atoms with Crippen LogP contribution in [0.5, 0.6) is 0 Å². The fourth-order valence-electron chi connectivity index (χ4n) is 1.34. The van der Waals surface area contributed by atoms with Crippen LogP contribution >= 0.6 is 39.0 Å². The molecule has 0 aromatic carbocycles. The van der Waals surface area contributed by atoms with E-state index in [9.17, 15) is 4.79 Å². The lowest BCUT2D eigenvalue weighted by Gasteiger charge is -2.09. The molecule has 2 rings (SSSR count). The van der Waals surface area contributed by atoms with Crippen molar-refractivity contribution in [1.29, 1.82) is 0 Å². The number of amides is 1. The molecular formula is C9H10BrNOS2. The molecule has 0 radical (unpaired) electrons. The monoisotopic (exact) mass is 291 g/mol. The maximum absolute atomic E-state index is 11.7. The van der Waals surface area contributed by atoms with Crippen LogP contribution < -0.4 is 5.32 Å². The van der Waals surface area contributed by atoms with Crippen LogP contribution in [-0.4, -0.2) is 23.5 Å². The average molecular weight is 292 g/mol. The third-order valence-corrected chi connectivity index (χ3v) is 4.85. The minimum absolute atomic E-state index is 0.0631. The topological polar surface area (TPSA) is 29.1 Å². The van der Waals surface area contributed by atoms with Gasteiger partial charge < -0.3 is 5.32 Å². The fourth-order valence-corrected chi connectivity index (χ4v) is 3.78. The Balaban J connectivity index is 1.95. The first kappa shape index (κ1) is 10.5. The summed E-state index contributed by atoms with van der Waals surface area (Å²) in [6.45, 7) is 0. The molecule has 5 heteroatoms. The van der Waals surface area contributed by atoms with Crippen LogP contribution in [0.15, 0.2) is 15.9 Å². The predicted molar refractivity (Wildman–Crippen MR) is 65.2 cm³/mol. The van der Waals surface area contributed by atoms with Crippen LogP contribution in [0.3, 0.4) is 0 Å². The van der Waals surface area contributed by atoms with Gasteiger partial charge in [0.1, 0.15) is 0 Å². The summed E-state index contributed by atoms with van der Waals surface area (Å²) in [5.74, 6) is 2.28. The molecule has 0 aliphatic carbocycles. The van der Waals surface area contributed by atoms with E-state index in [4.69, 9.17) is 0 Å². The molecule has 2 nitrogen and oxygen atoms in total. The highest BCUT2D eigenvalue weighted by Gasteiger charge is 2.18. The van der Waals surface area contributed by atoms with Gasteiger partial charge in [-0.1, -0.05) is 0 Å². The van der Waals surface area contributed by atoms with Crippen LogP contribution in [0.25, 0.3) is 0 Å². The van der Waals surface area contributed by atoms with E-state index < -0.39 is 0 Å². The van der Waals surface area contributed by atoms with Crippen molar-refractivity contribution in [1.82, 2.24) is 5.32 Å². The van der Waals surface area contributed by atoms with Crippen molar-refractivity contribution in [2.75, 3.05) is 11.5 Å². The molecule has 2 heterocycles. The minimum Gasteiger partial charge on any atom is -0.348 e. The number of thiophene rings is 1. The number of nitrogens with one attached hydrogen (secondary N) is 1. The fraction of sp³-hybridized carbons (Fsp3) is 0.444. The van der Waals surface area contributed by atoms with Gasteiger partial charge in [-0.05, 0) is 40.2 Å². The van der Waals surface area contributed by atoms with Gasteiger partial charge in [0.05, 0.1) is 8.66 Å². The van der Waals surface area contributed by atoms with Gasteiger partial charge in [0.25, 0.3) is 5.91 Å². The van der Waals surface area contributed by atoms with Crippen molar-refractivity contribution in [3.8, 4) is 0 Å². The zero-order valence-electron chi connectivity index (χ0n) is 7.46. The second-order valence-electron chi connectivity index (χ2n) is 3.14. The van der Waals surface area contributed by atoms with E-state index in [1.54, 1.807) is 0 Å². The van der Waals surface area contributed by atoms with Gasteiger partial charge in [0.2, 0.25) is 0 Å². The molecule has 1 aliphatic heterocycles. The Morgan fingerprint density at radius 3 is 3.00 bits per heavy atom. The number of hydrogen-bond donors (Lipinski definition) is 1. The van der Waals surface area contributed by atoms with Crippen molar-refractivity contribution in [2.45, 2.75) is 12.5 Å². The molecule has 0 spiro atoms. The van der Waals surface area contributed by atoms with Crippen molar-refractivity contribution in [3.63, 3.8) is 0 Å². The Morgan fingerprint density at radius 1 is 1.57 bits per heavy atom. The van der Waals surface area contributed by atoms with E-state index in [0.717, 1.165) is 20.8 Å². The average Bonchev–Trinajstić information content (AvgIpc) is 2.75. The summed E-state index contributed by atoms with van der Waals surface area (Å²) in [5.41, 5.74) is 0. The van der Waals surface area contributed by atoms with Gasteiger partial charge in [-0.15, -0.1) is 11.3 Å². The zero-order chi connectivity index (χ0) is 9.97. The van der Waals surface area contributed by atoms with E-state index in [0.29, 0.717) is 6.04 Å². The predicted octanol–water partition coefficient (Wildman–Crippen LogP) is 2.75. The lowest BCUT2D eigenvalue weighted by molar-refractivity contribution is 0.0945. The van der Waals surface area contributed by atoms with Crippen LogP contribution in [0.2, 0.25) is 0 Å². The Bertz CT molecular complexity index is 333. The number of thioether (sulfide) groups is 1. The highest BCUT2D eigenvalue weighted by atomic mass is 79.9. The maximum Gasteiger partial charge on any atom is 0.261 e. The summed E-state index contributed by atoms with van der Waals surface area (Å²) in [6, 6.07) is 4.13.